The van der Waals surface area contributed by atoms with Gasteiger partial charge in [-0.25, -0.2) is 13.2 Å². The number of nitrogens with one attached hydrogen (secondary N) is 2. The maximum absolute atomic E-state index is 13.2. The number of piperidine rings is 1. The Kier molecular flexibility index (Phi) is 6.53. The standard InChI is InChI=1S/C20H25N3O4S/c1-27-18-12-5-6-13-19(18)28(25,26)23-14-8-7-11-17(23)15-21-20(24)22-16-9-3-2-4-10-16/h2-6,9-10,12-13,17H,7-8,11,14-15H2,1H3,(H2,21,22,24). The van der Waals surface area contributed by atoms with Gasteiger partial charge in [-0.3, -0.25) is 0 Å². The zero-order chi connectivity index (χ0) is 20.0. The lowest BCUT2D eigenvalue weighted by Gasteiger charge is -2.35. The number of nitrogens with zero attached hydrogens (tertiary/aromatic N) is 1. The fourth-order valence-corrected chi connectivity index (χ4v) is 5.21. The van der Waals surface area contributed by atoms with Crippen LogP contribution in [0.4, 0.5) is 10.5 Å². The van der Waals surface area contributed by atoms with Gasteiger partial charge in [0.05, 0.1) is 7.11 Å². The molecule has 1 heterocycles. The van der Waals surface area contributed by atoms with Gasteiger partial charge < -0.3 is 15.4 Å². The Morgan fingerprint density at radius 1 is 1.11 bits per heavy atom. The van der Waals surface area contributed by atoms with E-state index in [0.717, 1.165) is 12.8 Å². The summed E-state index contributed by atoms with van der Waals surface area (Å²) in [5.41, 5.74) is 0.683. The summed E-state index contributed by atoms with van der Waals surface area (Å²) in [6, 6.07) is 15.1. The normalized spacial score (nSPS) is 17.7. The summed E-state index contributed by atoms with van der Waals surface area (Å²) in [5, 5.41) is 5.54. The number of benzene rings is 2. The van der Waals surface area contributed by atoms with E-state index < -0.39 is 10.0 Å². The third-order valence-electron chi connectivity index (χ3n) is 4.76. The molecule has 2 N–H and O–H groups in total. The van der Waals surface area contributed by atoms with E-state index in [4.69, 9.17) is 4.74 Å². The molecule has 8 heteroatoms. The SMILES string of the molecule is COc1ccccc1S(=O)(=O)N1CCCCC1CNC(=O)Nc1ccccc1. The molecule has 0 radical (unpaired) electrons. The van der Waals surface area contributed by atoms with Crippen LogP contribution in [0.15, 0.2) is 59.5 Å². The number of carbonyl (C=O) groups is 1. The van der Waals surface area contributed by atoms with E-state index in [0.29, 0.717) is 24.4 Å². The van der Waals surface area contributed by atoms with Crippen molar-refractivity contribution in [3.8, 4) is 5.75 Å². The van der Waals surface area contributed by atoms with Crippen LogP contribution >= 0.6 is 0 Å². The summed E-state index contributed by atoms with van der Waals surface area (Å²) >= 11 is 0. The highest BCUT2D eigenvalue weighted by atomic mass is 32.2. The summed E-state index contributed by atoms with van der Waals surface area (Å²) in [4.78, 5) is 12.3. The quantitative estimate of drug-likeness (QED) is 0.776. The van der Waals surface area contributed by atoms with E-state index in [1.54, 1.807) is 36.4 Å². The molecule has 0 spiro atoms. The molecule has 7 nitrogen and oxygen atoms in total. The van der Waals surface area contributed by atoms with Crippen LogP contribution in [0.3, 0.4) is 0 Å². The molecule has 3 rings (SSSR count). The first-order chi connectivity index (χ1) is 13.5. The summed E-state index contributed by atoms with van der Waals surface area (Å²) in [6.45, 7) is 0.667. The number of amides is 2. The number of urea groups is 1. The number of sulfonamides is 1. The first-order valence-corrected chi connectivity index (χ1v) is 10.7. The minimum atomic E-state index is -3.72. The molecule has 1 fully saturated rings. The van der Waals surface area contributed by atoms with E-state index >= 15 is 0 Å². The Morgan fingerprint density at radius 3 is 2.57 bits per heavy atom. The average Bonchev–Trinajstić information content (AvgIpc) is 2.73. The molecule has 1 aliphatic rings. The Morgan fingerprint density at radius 2 is 1.82 bits per heavy atom. The lowest BCUT2D eigenvalue weighted by Crippen LogP contribution is -2.49. The number of hydrogen-bond donors (Lipinski definition) is 2. The zero-order valence-corrected chi connectivity index (χ0v) is 16.6. The maximum Gasteiger partial charge on any atom is 0.319 e. The smallest absolute Gasteiger partial charge is 0.319 e. The number of para-hydroxylation sites is 2. The van der Waals surface area contributed by atoms with E-state index in [2.05, 4.69) is 10.6 Å². The molecule has 2 aromatic rings. The van der Waals surface area contributed by atoms with Crippen molar-refractivity contribution in [3.05, 3.63) is 54.6 Å². The average molecular weight is 404 g/mol. The van der Waals surface area contributed by atoms with Gasteiger partial charge in [-0.05, 0) is 37.1 Å². The van der Waals surface area contributed by atoms with Crippen LogP contribution in [-0.2, 0) is 10.0 Å². The highest BCUT2D eigenvalue weighted by Crippen LogP contribution is 2.30. The number of ether oxygens (including phenoxy) is 1. The van der Waals surface area contributed by atoms with Crippen LogP contribution in [0.2, 0.25) is 0 Å². The predicted octanol–water partition coefficient (Wildman–Crippen LogP) is 3.06. The highest BCUT2D eigenvalue weighted by molar-refractivity contribution is 7.89. The third kappa shape index (κ3) is 4.63. The molecule has 1 saturated heterocycles. The Hall–Kier alpha value is -2.58. The van der Waals surface area contributed by atoms with Crippen LogP contribution in [0.1, 0.15) is 19.3 Å². The first kappa shape index (κ1) is 20.2. The van der Waals surface area contributed by atoms with Gasteiger partial charge >= 0.3 is 6.03 Å². The Balaban J connectivity index is 1.70. The van der Waals surface area contributed by atoms with Crippen molar-refractivity contribution >= 4 is 21.7 Å². The van der Waals surface area contributed by atoms with Gasteiger partial charge in [0.2, 0.25) is 10.0 Å². The summed E-state index contributed by atoms with van der Waals surface area (Å²) in [7, 11) is -2.27. The largest absolute Gasteiger partial charge is 0.495 e. The van der Waals surface area contributed by atoms with Gasteiger partial charge in [0.1, 0.15) is 10.6 Å². The Labute approximate surface area is 165 Å². The van der Waals surface area contributed by atoms with Crippen molar-refractivity contribution in [2.24, 2.45) is 0 Å². The van der Waals surface area contributed by atoms with Crippen LogP contribution in [0, 0.1) is 0 Å². The van der Waals surface area contributed by atoms with Crippen molar-refractivity contribution in [2.75, 3.05) is 25.5 Å². The summed E-state index contributed by atoms with van der Waals surface area (Å²) < 4.78 is 33.2. The van der Waals surface area contributed by atoms with Gasteiger partial charge in [-0.15, -0.1) is 0 Å². The lowest BCUT2D eigenvalue weighted by atomic mass is 10.1. The second kappa shape index (κ2) is 9.07. The summed E-state index contributed by atoms with van der Waals surface area (Å²) in [6.07, 6.45) is 2.41. The van der Waals surface area contributed by atoms with Crippen LogP contribution in [0.5, 0.6) is 5.75 Å². The maximum atomic E-state index is 13.2. The van der Waals surface area contributed by atoms with Crippen LogP contribution < -0.4 is 15.4 Å². The summed E-state index contributed by atoms with van der Waals surface area (Å²) in [5.74, 6) is 0.321. The number of anilines is 1. The molecular weight excluding hydrogens is 378 g/mol. The number of methoxy groups -OCH3 is 1. The zero-order valence-electron chi connectivity index (χ0n) is 15.8. The predicted molar refractivity (Wildman–Crippen MR) is 108 cm³/mol. The highest BCUT2D eigenvalue weighted by Gasteiger charge is 2.35. The topological polar surface area (TPSA) is 87.7 Å². The molecule has 2 amide bonds. The van der Waals surface area contributed by atoms with Crippen molar-refractivity contribution in [1.29, 1.82) is 0 Å². The molecule has 150 valence electrons. The van der Waals surface area contributed by atoms with Crippen molar-refractivity contribution in [3.63, 3.8) is 0 Å². The first-order valence-electron chi connectivity index (χ1n) is 9.27. The minimum Gasteiger partial charge on any atom is -0.495 e. The van der Waals surface area contributed by atoms with Gasteiger partial charge in [0.25, 0.3) is 0 Å². The number of hydrogen-bond acceptors (Lipinski definition) is 4. The number of rotatable bonds is 6. The molecule has 0 aromatic heterocycles. The van der Waals surface area contributed by atoms with Crippen LogP contribution in [-0.4, -0.2) is 45.0 Å². The lowest BCUT2D eigenvalue weighted by molar-refractivity contribution is 0.231. The van der Waals surface area contributed by atoms with Gasteiger partial charge in [-0.2, -0.15) is 4.31 Å². The molecule has 0 bridgehead atoms. The van der Waals surface area contributed by atoms with Crippen molar-refractivity contribution < 1.29 is 17.9 Å². The third-order valence-corrected chi connectivity index (χ3v) is 6.75. The van der Waals surface area contributed by atoms with E-state index in [9.17, 15) is 13.2 Å². The monoisotopic (exact) mass is 403 g/mol. The van der Waals surface area contributed by atoms with Crippen molar-refractivity contribution in [2.45, 2.75) is 30.2 Å². The molecule has 1 unspecified atom stereocenters. The van der Waals surface area contributed by atoms with E-state index in [1.165, 1.54) is 11.4 Å². The molecule has 1 aliphatic heterocycles. The van der Waals surface area contributed by atoms with Crippen molar-refractivity contribution in [1.82, 2.24) is 9.62 Å². The molecule has 1 atom stereocenters. The molecule has 0 saturated carbocycles. The molecule has 2 aromatic carbocycles. The van der Waals surface area contributed by atoms with Crippen LogP contribution in [0.25, 0.3) is 0 Å². The van der Waals surface area contributed by atoms with Gasteiger partial charge in [-0.1, -0.05) is 36.8 Å². The second-order valence-corrected chi connectivity index (χ2v) is 8.48. The van der Waals surface area contributed by atoms with Gasteiger partial charge in [0, 0.05) is 24.8 Å². The van der Waals surface area contributed by atoms with E-state index in [1.807, 2.05) is 18.2 Å². The van der Waals surface area contributed by atoms with E-state index in [-0.39, 0.29) is 23.5 Å². The molecule has 0 aliphatic carbocycles. The van der Waals surface area contributed by atoms with Gasteiger partial charge in [0.15, 0.2) is 0 Å². The molecule has 28 heavy (non-hydrogen) atoms. The fraction of sp³-hybridized carbons (Fsp3) is 0.350. The fourth-order valence-electron chi connectivity index (χ4n) is 3.36. The molecular formula is C20H25N3O4S. The minimum absolute atomic E-state index is 0.151. The Bertz CT molecular complexity index is 903. The second-order valence-electron chi connectivity index (χ2n) is 6.62. The number of carbonyl (C=O) groups excluding carboxylic acids is 1.